The molecule has 4 heterocycles. The zero-order valence-corrected chi connectivity index (χ0v) is 20.9. The van der Waals surface area contributed by atoms with Gasteiger partial charge in [0.15, 0.2) is 11.6 Å². The SMILES string of the molecule is CC(=O)Nc1ccc([C@H]2CCC[C@H](c3ccc(NC(=O)Cc4ccc(N5CC(F)(F)C5)cn4)nn3)C2)nn1. The van der Waals surface area contributed by atoms with Crippen molar-refractivity contribution in [1.82, 2.24) is 25.4 Å². The Morgan fingerprint density at radius 2 is 1.55 bits per heavy atom. The summed E-state index contributed by atoms with van der Waals surface area (Å²) in [5.74, 6) is -1.88. The highest BCUT2D eigenvalue weighted by molar-refractivity contribution is 5.91. The van der Waals surface area contributed by atoms with Gasteiger partial charge in [-0.05, 0) is 55.7 Å². The minimum absolute atomic E-state index is 0.0337. The minimum atomic E-state index is -2.65. The Morgan fingerprint density at radius 3 is 2.05 bits per heavy atom. The van der Waals surface area contributed by atoms with E-state index in [-0.39, 0.29) is 43.2 Å². The molecule has 2 aliphatic rings. The molecule has 0 unspecified atom stereocenters. The van der Waals surface area contributed by atoms with Gasteiger partial charge in [0, 0.05) is 24.5 Å². The van der Waals surface area contributed by atoms with Gasteiger partial charge in [0.25, 0.3) is 5.92 Å². The van der Waals surface area contributed by atoms with Gasteiger partial charge in [-0.2, -0.15) is 10.2 Å². The number of nitrogens with one attached hydrogen (secondary N) is 2. The summed E-state index contributed by atoms with van der Waals surface area (Å²) < 4.78 is 26.1. The number of carbonyl (C=O) groups is 2. The summed E-state index contributed by atoms with van der Waals surface area (Å²) in [4.78, 5) is 29.4. The van der Waals surface area contributed by atoms with Crippen LogP contribution in [0.5, 0.6) is 0 Å². The van der Waals surface area contributed by atoms with Crippen molar-refractivity contribution < 1.29 is 18.4 Å². The zero-order valence-electron chi connectivity index (χ0n) is 20.9. The molecule has 2 atom stereocenters. The molecular weight excluding hydrogens is 494 g/mol. The molecule has 0 radical (unpaired) electrons. The van der Waals surface area contributed by atoms with E-state index >= 15 is 0 Å². The number of alkyl halides is 2. The second-order valence-electron chi connectivity index (χ2n) is 9.87. The molecule has 3 aromatic heterocycles. The minimum Gasteiger partial charge on any atom is -0.358 e. The summed E-state index contributed by atoms with van der Waals surface area (Å²) in [6.07, 6.45) is 5.43. The van der Waals surface area contributed by atoms with Gasteiger partial charge >= 0.3 is 0 Å². The average Bonchev–Trinajstić information content (AvgIpc) is 2.88. The van der Waals surface area contributed by atoms with Crippen molar-refractivity contribution in [1.29, 1.82) is 0 Å². The van der Waals surface area contributed by atoms with Crippen LogP contribution in [0.15, 0.2) is 42.6 Å². The van der Waals surface area contributed by atoms with Gasteiger partial charge in [-0.25, -0.2) is 8.78 Å². The van der Waals surface area contributed by atoms with E-state index in [0.717, 1.165) is 37.1 Å². The number of rotatable bonds is 7. The molecule has 1 saturated carbocycles. The van der Waals surface area contributed by atoms with E-state index in [1.165, 1.54) is 13.1 Å². The fourth-order valence-corrected chi connectivity index (χ4v) is 4.92. The number of pyridine rings is 1. The summed E-state index contributed by atoms with van der Waals surface area (Å²) in [6.45, 7) is 0.801. The van der Waals surface area contributed by atoms with Crippen molar-refractivity contribution in [2.45, 2.75) is 56.8 Å². The van der Waals surface area contributed by atoms with E-state index in [9.17, 15) is 18.4 Å². The van der Waals surface area contributed by atoms with Crippen LogP contribution in [0.1, 0.15) is 61.5 Å². The summed E-state index contributed by atoms with van der Waals surface area (Å²) >= 11 is 0. The monoisotopic (exact) mass is 522 g/mol. The van der Waals surface area contributed by atoms with Gasteiger partial charge in [-0.3, -0.25) is 14.6 Å². The lowest BCUT2D eigenvalue weighted by Crippen LogP contribution is -2.56. The molecule has 0 spiro atoms. The number of hydrogen-bond acceptors (Lipinski definition) is 8. The number of hydrogen-bond donors (Lipinski definition) is 2. The number of anilines is 3. The molecular formula is C26H28F2N8O2. The standard InChI is InChI=1S/C26H28F2N8O2/c1-16(37)30-23-9-7-21(32-34-23)17-3-2-4-18(11-17)22-8-10-24(35-33-22)31-25(38)12-19-5-6-20(13-29-19)36-14-26(27,28)15-36/h5-10,13,17-18H,2-4,11-12,14-15H2,1H3,(H,30,34,37)(H,31,35,38)/t17-,18-/m0/s1. The third-order valence-electron chi connectivity index (χ3n) is 6.81. The molecule has 38 heavy (non-hydrogen) atoms. The molecule has 198 valence electrons. The third kappa shape index (κ3) is 6.24. The van der Waals surface area contributed by atoms with E-state index in [4.69, 9.17) is 0 Å². The number of nitrogens with zero attached hydrogens (tertiary/aromatic N) is 6. The lowest BCUT2D eigenvalue weighted by molar-refractivity contribution is -0.116. The molecule has 2 amide bonds. The molecule has 2 N–H and O–H groups in total. The number of halogens is 2. The molecule has 0 aromatic carbocycles. The maximum absolute atomic E-state index is 13.1. The highest BCUT2D eigenvalue weighted by atomic mass is 19.3. The second kappa shape index (κ2) is 10.7. The van der Waals surface area contributed by atoms with Crippen molar-refractivity contribution >= 4 is 29.1 Å². The molecule has 1 aliphatic heterocycles. The summed E-state index contributed by atoms with van der Waals surface area (Å²) in [5.41, 5.74) is 2.90. The molecule has 0 bridgehead atoms. The van der Waals surface area contributed by atoms with Crippen molar-refractivity contribution in [3.05, 3.63) is 59.7 Å². The first-order valence-electron chi connectivity index (χ1n) is 12.6. The van der Waals surface area contributed by atoms with E-state index < -0.39 is 5.92 Å². The van der Waals surface area contributed by atoms with Gasteiger partial charge in [0.05, 0.1) is 42.8 Å². The predicted octanol–water partition coefficient (Wildman–Crippen LogP) is 3.70. The Kier molecular flexibility index (Phi) is 7.21. The number of carbonyl (C=O) groups excluding carboxylic acids is 2. The third-order valence-corrected chi connectivity index (χ3v) is 6.81. The maximum atomic E-state index is 13.1. The fraction of sp³-hybridized carbons (Fsp3) is 0.423. The Labute approximate surface area is 218 Å². The van der Waals surface area contributed by atoms with Crippen molar-refractivity contribution in [2.75, 3.05) is 28.6 Å². The Morgan fingerprint density at radius 1 is 0.921 bits per heavy atom. The van der Waals surface area contributed by atoms with E-state index in [1.54, 1.807) is 29.2 Å². The highest BCUT2D eigenvalue weighted by Crippen LogP contribution is 2.40. The van der Waals surface area contributed by atoms with E-state index in [0.29, 0.717) is 23.0 Å². The smallest absolute Gasteiger partial charge is 0.282 e. The largest absolute Gasteiger partial charge is 0.358 e. The Balaban J connectivity index is 1.13. The van der Waals surface area contributed by atoms with Crippen molar-refractivity contribution in [2.24, 2.45) is 0 Å². The first-order chi connectivity index (χ1) is 18.2. The lowest BCUT2D eigenvalue weighted by Gasteiger charge is -2.40. The first kappa shape index (κ1) is 25.6. The van der Waals surface area contributed by atoms with Gasteiger partial charge in [-0.1, -0.05) is 6.42 Å². The number of aromatic nitrogens is 5. The zero-order chi connectivity index (χ0) is 26.7. The summed E-state index contributed by atoms with van der Waals surface area (Å²) in [6, 6.07) is 10.7. The summed E-state index contributed by atoms with van der Waals surface area (Å²) in [7, 11) is 0. The average molecular weight is 523 g/mol. The van der Waals surface area contributed by atoms with Crippen LogP contribution in [0, 0.1) is 0 Å². The van der Waals surface area contributed by atoms with Gasteiger partial charge in [-0.15, -0.1) is 10.2 Å². The normalized spacial score (nSPS) is 20.3. The molecule has 2 fully saturated rings. The molecule has 12 heteroatoms. The second-order valence-corrected chi connectivity index (χ2v) is 9.87. The first-order valence-corrected chi connectivity index (χ1v) is 12.6. The van der Waals surface area contributed by atoms with E-state index in [2.05, 4.69) is 36.0 Å². The molecule has 1 saturated heterocycles. The highest BCUT2D eigenvalue weighted by Gasteiger charge is 2.44. The fourth-order valence-electron chi connectivity index (χ4n) is 4.92. The summed E-state index contributed by atoms with van der Waals surface area (Å²) in [5, 5.41) is 22.3. The molecule has 10 nitrogen and oxygen atoms in total. The van der Waals surface area contributed by atoms with Gasteiger partial charge < -0.3 is 15.5 Å². The van der Waals surface area contributed by atoms with Crippen LogP contribution in [0.4, 0.5) is 26.1 Å². The Bertz CT molecular complexity index is 1280. The van der Waals surface area contributed by atoms with Crippen LogP contribution < -0.4 is 15.5 Å². The lowest BCUT2D eigenvalue weighted by atomic mass is 9.78. The number of amides is 2. The maximum Gasteiger partial charge on any atom is 0.282 e. The van der Waals surface area contributed by atoms with Crippen molar-refractivity contribution in [3.63, 3.8) is 0 Å². The Hall–Kier alpha value is -4.09. The van der Waals surface area contributed by atoms with Gasteiger partial charge in [0.2, 0.25) is 11.8 Å². The molecule has 1 aliphatic carbocycles. The molecule has 5 rings (SSSR count). The van der Waals surface area contributed by atoms with Crippen LogP contribution in [0.2, 0.25) is 0 Å². The quantitative estimate of drug-likeness (QED) is 0.481. The van der Waals surface area contributed by atoms with Crippen LogP contribution in [0.3, 0.4) is 0 Å². The molecule has 3 aromatic rings. The van der Waals surface area contributed by atoms with Crippen LogP contribution >= 0.6 is 0 Å². The van der Waals surface area contributed by atoms with Crippen LogP contribution in [-0.4, -0.2) is 56.2 Å². The van der Waals surface area contributed by atoms with E-state index in [1.807, 2.05) is 12.1 Å². The topological polar surface area (TPSA) is 126 Å². The van der Waals surface area contributed by atoms with Crippen LogP contribution in [-0.2, 0) is 16.0 Å². The predicted molar refractivity (Wildman–Crippen MR) is 136 cm³/mol. The van der Waals surface area contributed by atoms with Gasteiger partial charge in [0.1, 0.15) is 0 Å². The van der Waals surface area contributed by atoms with Crippen molar-refractivity contribution in [3.8, 4) is 0 Å². The van der Waals surface area contributed by atoms with Crippen LogP contribution in [0.25, 0.3) is 0 Å².